The zero-order valence-electron chi connectivity index (χ0n) is 15.0. The summed E-state index contributed by atoms with van der Waals surface area (Å²) in [6, 6.07) is 11.3. The van der Waals surface area contributed by atoms with E-state index in [-0.39, 0.29) is 11.3 Å². The van der Waals surface area contributed by atoms with Crippen molar-refractivity contribution >= 4 is 33.4 Å². The van der Waals surface area contributed by atoms with Crippen LogP contribution >= 0.6 is 15.9 Å². The van der Waals surface area contributed by atoms with Crippen molar-refractivity contribution in [3.05, 3.63) is 63.6 Å². The molecule has 0 aromatic heterocycles. The molecule has 1 heterocycles. The van der Waals surface area contributed by atoms with E-state index in [1.165, 1.54) is 26.2 Å². The lowest BCUT2D eigenvalue weighted by Gasteiger charge is -2.22. The van der Waals surface area contributed by atoms with E-state index in [1.54, 1.807) is 42.5 Å². The number of ketones is 1. The number of likely N-dealkylation sites (tertiary alicyclic amines) is 1. The lowest BCUT2D eigenvalue weighted by molar-refractivity contribution is -0.139. The number of Topliss-reactive ketones (excluding diaryl/α,β-unsaturated/α-hetero) is 1. The molecule has 1 fully saturated rings. The number of benzene rings is 2. The molecule has 7 heteroatoms. The van der Waals surface area contributed by atoms with Crippen molar-refractivity contribution in [2.45, 2.75) is 6.04 Å². The normalized spacial score (nSPS) is 18.7. The number of amides is 1. The third-order valence-corrected chi connectivity index (χ3v) is 5.04. The number of rotatable bonds is 4. The fourth-order valence-electron chi connectivity index (χ4n) is 3.12. The van der Waals surface area contributed by atoms with E-state index in [4.69, 9.17) is 9.47 Å². The van der Waals surface area contributed by atoms with Crippen LogP contribution in [0.25, 0.3) is 5.76 Å². The van der Waals surface area contributed by atoms with Gasteiger partial charge in [-0.2, -0.15) is 0 Å². The molecule has 2 aromatic rings. The summed E-state index contributed by atoms with van der Waals surface area (Å²) in [5.41, 5.74) is 1.13. The predicted octanol–water partition coefficient (Wildman–Crippen LogP) is 3.52. The zero-order valence-corrected chi connectivity index (χ0v) is 16.6. The SMILES string of the molecule is COc1ccc(C2/C(=C(\O)c3ccc(Br)cc3)C(=O)C(=O)N2C)cc1OC. The third-order valence-electron chi connectivity index (χ3n) is 4.52. The molecule has 1 N–H and O–H groups in total. The van der Waals surface area contributed by atoms with Crippen molar-refractivity contribution in [1.29, 1.82) is 0 Å². The van der Waals surface area contributed by atoms with Crippen LogP contribution in [-0.2, 0) is 9.59 Å². The van der Waals surface area contributed by atoms with Crippen LogP contribution in [0.3, 0.4) is 0 Å². The Morgan fingerprint density at radius 2 is 1.67 bits per heavy atom. The van der Waals surface area contributed by atoms with Crippen molar-refractivity contribution in [2.24, 2.45) is 0 Å². The Morgan fingerprint density at radius 3 is 2.26 bits per heavy atom. The summed E-state index contributed by atoms with van der Waals surface area (Å²) in [7, 11) is 4.56. The lowest BCUT2D eigenvalue weighted by Crippen LogP contribution is -2.24. The first kappa shape index (κ1) is 19.0. The van der Waals surface area contributed by atoms with Gasteiger partial charge in [-0.05, 0) is 29.8 Å². The topological polar surface area (TPSA) is 76.1 Å². The van der Waals surface area contributed by atoms with E-state index < -0.39 is 17.7 Å². The van der Waals surface area contributed by atoms with Crippen LogP contribution in [0.4, 0.5) is 0 Å². The van der Waals surface area contributed by atoms with Crippen LogP contribution in [-0.4, -0.2) is 43.0 Å². The fourth-order valence-corrected chi connectivity index (χ4v) is 3.39. The summed E-state index contributed by atoms with van der Waals surface area (Å²) in [4.78, 5) is 26.2. The van der Waals surface area contributed by atoms with Gasteiger partial charge in [0.2, 0.25) is 0 Å². The van der Waals surface area contributed by atoms with Gasteiger partial charge in [-0.3, -0.25) is 9.59 Å². The van der Waals surface area contributed by atoms with E-state index in [1.807, 2.05) is 0 Å². The van der Waals surface area contributed by atoms with Gasteiger partial charge < -0.3 is 19.5 Å². The molecule has 27 heavy (non-hydrogen) atoms. The van der Waals surface area contributed by atoms with Crippen LogP contribution in [0.15, 0.2) is 52.5 Å². The zero-order chi connectivity index (χ0) is 19.7. The van der Waals surface area contributed by atoms with Gasteiger partial charge in [0.25, 0.3) is 11.7 Å². The first-order chi connectivity index (χ1) is 12.9. The van der Waals surface area contributed by atoms with Crippen molar-refractivity contribution in [1.82, 2.24) is 4.90 Å². The van der Waals surface area contributed by atoms with Crippen LogP contribution in [0.2, 0.25) is 0 Å². The molecule has 0 saturated carbocycles. The average Bonchev–Trinajstić information content (AvgIpc) is 2.91. The number of aliphatic hydroxyl groups excluding tert-OH is 1. The predicted molar refractivity (Wildman–Crippen MR) is 104 cm³/mol. The Kier molecular flexibility index (Phi) is 5.23. The second kappa shape index (κ2) is 7.44. The summed E-state index contributed by atoms with van der Waals surface area (Å²) in [5, 5.41) is 10.8. The number of methoxy groups -OCH3 is 2. The number of carbonyl (C=O) groups excluding carboxylic acids is 2. The summed E-state index contributed by atoms with van der Waals surface area (Å²) in [6.45, 7) is 0. The van der Waals surface area contributed by atoms with Gasteiger partial charge in [-0.25, -0.2) is 0 Å². The second-order valence-electron chi connectivity index (χ2n) is 6.03. The molecular formula is C20H18BrNO5. The highest BCUT2D eigenvalue weighted by atomic mass is 79.9. The molecule has 6 nitrogen and oxygen atoms in total. The maximum Gasteiger partial charge on any atom is 0.295 e. The molecule has 1 atom stereocenters. The van der Waals surface area contributed by atoms with Crippen molar-refractivity contribution in [2.75, 3.05) is 21.3 Å². The van der Waals surface area contributed by atoms with Crippen LogP contribution < -0.4 is 9.47 Å². The van der Waals surface area contributed by atoms with Crippen molar-refractivity contribution < 1.29 is 24.2 Å². The smallest absolute Gasteiger partial charge is 0.295 e. The minimum Gasteiger partial charge on any atom is -0.507 e. The molecular weight excluding hydrogens is 414 g/mol. The fraction of sp³-hybridized carbons (Fsp3) is 0.200. The van der Waals surface area contributed by atoms with Crippen LogP contribution in [0.5, 0.6) is 11.5 Å². The van der Waals surface area contributed by atoms with Gasteiger partial charge in [-0.1, -0.05) is 34.1 Å². The van der Waals surface area contributed by atoms with Gasteiger partial charge in [0.05, 0.1) is 25.8 Å². The Balaban J connectivity index is 2.17. The molecule has 3 rings (SSSR count). The minimum absolute atomic E-state index is 0.0389. The molecule has 2 aromatic carbocycles. The van der Waals surface area contributed by atoms with Gasteiger partial charge in [0.15, 0.2) is 11.5 Å². The van der Waals surface area contributed by atoms with E-state index >= 15 is 0 Å². The Bertz CT molecular complexity index is 936. The highest BCUT2D eigenvalue weighted by Gasteiger charge is 2.44. The Hall–Kier alpha value is -2.80. The number of ether oxygens (including phenoxy) is 2. The standard InChI is InChI=1S/C20H18BrNO5/c1-22-17(12-6-9-14(26-2)15(10-12)27-3)16(19(24)20(22)25)18(23)11-4-7-13(21)8-5-11/h4-10,17,23H,1-3H3/b18-16+. The summed E-state index contributed by atoms with van der Waals surface area (Å²) >= 11 is 3.33. The number of nitrogens with zero attached hydrogens (tertiary/aromatic N) is 1. The molecule has 0 aliphatic carbocycles. The van der Waals surface area contributed by atoms with Crippen LogP contribution in [0, 0.1) is 0 Å². The summed E-state index contributed by atoms with van der Waals surface area (Å²) < 4.78 is 11.4. The quantitative estimate of drug-likeness (QED) is 0.455. The highest BCUT2D eigenvalue weighted by Crippen LogP contribution is 2.41. The molecule has 1 amide bonds. The Labute approximate surface area is 165 Å². The summed E-state index contributed by atoms with van der Waals surface area (Å²) in [5.74, 6) is -0.615. The second-order valence-corrected chi connectivity index (χ2v) is 6.95. The van der Waals surface area contributed by atoms with Gasteiger partial charge in [0.1, 0.15) is 5.76 Å². The molecule has 1 saturated heterocycles. The van der Waals surface area contributed by atoms with Gasteiger partial charge in [0, 0.05) is 17.1 Å². The number of carbonyl (C=O) groups is 2. The van der Waals surface area contributed by atoms with Crippen molar-refractivity contribution in [3.63, 3.8) is 0 Å². The molecule has 1 aliphatic rings. The summed E-state index contributed by atoms with van der Waals surface area (Å²) in [6.07, 6.45) is 0. The third kappa shape index (κ3) is 3.30. The number of aliphatic hydroxyl groups is 1. The number of halogens is 1. The number of likely N-dealkylation sites (N-methyl/N-ethyl adjacent to an activating group) is 1. The first-order valence-electron chi connectivity index (χ1n) is 8.11. The minimum atomic E-state index is -0.728. The molecule has 0 radical (unpaired) electrons. The molecule has 140 valence electrons. The average molecular weight is 432 g/mol. The van der Waals surface area contributed by atoms with Crippen molar-refractivity contribution in [3.8, 4) is 11.5 Å². The number of hydrogen-bond acceptors (Lipinski definition) is 5. The van der Waals surface area contributed by atoms with E-state index in [0.717, 1.165) is 4.47 Å². The van der Waals surface area contributed by atoms with E-state index in [2.05, 4.69) is 15.9 Å². The van der Waals surface area contributed by atoms with Gasteiger partial charge in [-0.15, -0.1) is 0 Å². The largest absolute Gasteiger partial charge is 0.507 e. The number of hydrogen-bond donors (Lipinski definition) is 1. The highest BCUT2D eigenvalue weighted by molar-refractivity contribution is 9.10. The van der Waals surface area contributed by atoms with E-state index in [9.17, 15) is 14.7 Å². The van der Waals surface area contributed by atoms with E-state index in [0.29, 0.717) is 22.6 Å². The molecule has 0 spiro atoms. The monoisotopic (exact) mass is 431 g/mol. The maximum absolute atomic E-state index is 12.6. The maximum atomic E-state index is 12.6. The Morgan fingerprint density at radius 1 is 1.04 bits per heavy atom. The molecule has 1 unspecified atom stereocenters. The lowest BCUT2D eigenvalue weighted by atomic mass is 9.95. The molecule has 1 aliphatic heterocycles. The first-order valence-corrected chi connectivity index (χ1v) is 8.90. The van der Waals surface area contributed by atoms with Gasteiger partial charge >= 0.3 is 0 Å². The van der Waals surface area contributed by atoms with Crippen LogP contribution in [0.1, 0.15) is 17.2 Å². The molecule has 0 bridgehead atoms.